The second-order valence-electron chi connectivity index (χ2n) is 7.28. The van der Waals surface area contributed by atoms with Crippen LogP contribution < -0.4 is 10.1 Å². The number of rotatable bonds is 5. The second-order valence-corrected chi connectivity index (χ2v) is 8.23. The highest BCUT2D eigenvalue weighted by Gasteiger charge is 2.23. The summed E-state index contributed by atoms with van der Waals surface area (Å²) in [7, 11) is 0. The molecule has 0 saturated heterocycles. The lowest BCUT2D eigenvalue weighted by Crippen LogP contribution is -2.12. The number of thiophene rings is 1. The highest BCUT2D eigenvalue weighted by Crippen LogP contribution is 2.38. The molecule has 5 heteroatoms. The first-order valence-corrected chi connectivity index (χ1v) is 10.7. The number of pyridine rings is 1. The number of carbonyl (C=O) groups excluding carboxylic acids is 1. The lowest BCUT2D eigenvalue weighted by molar-refractivity contribution is 0.0966. The zero-order chi connectivity index (χ0) is 20.5. The average Bonchev–Trinajstić information content (AvgIpc) is 3.44. The number of benzene rings is 2. The topological polar surface area (TPSA) is 51.2 Å². The van der Waals surface area contributed by atoms with E-state index >= 15 is 0 Å². The van der Waals surface area contributed by atoms with Crippen molar-refractivity contribution < 1.29 is 9.53 Å². The summed E-state index contributed by atoms with van der Waals surface area (Å²) < 4.78 is 6.38. The summed E-state index contributed by atoms with van der Waals surface area (Å²) in [5, 5.41) is 4.98. The first kappa shape index (κ1) is 18.6. The fourth-order valence-corrected chi connectivity index (χ4v) is 4.46. The van der Waals surface area contributed by atoms with E-state index in [1.54, 1.807) is 23.7 Å². The van der Waals surface area contributed by atoms with Gasteiger partial charge in [-0.3, -0.25) is 9.78 Å². The minimum atomic E-state index is -0.139. The van der Waals surface area contributed by atoms with E-state index in [0.29, 0.717) is 6.54 Å². The molecule has 30 heavy (non-hydrogen) atoms. The molecular weight excluding hydrogens is 392 g/mol. The summed E-state index contributed by atoms with van der Waals surface area (Å²) in [5.41, 5.74) is 5.87. The van der Waals surface area contributed by atoms with Crippen LogP contribution in [0.2, 0.25) is 0 Å². The predicted octanol–water partition coefficient (Wildman–Crippen LogP) is 5.86. The van der Waals surface area contributed by atoms with Gasteiger partial charge in [0.1, 0.15) is 11.9 Å². The molecule has 3 heterocycles. The van der Waals surface area contributed by atoms with Crippen LogP contribution in [0.1, 0.15) is 34.5 Å². The Morgan fingerprint density at radius 3 is 2.50 bits per heavy atom. The van der Waals surface area contributed by atoms with Crippen molar-refractivity contribution in [3.8, 4) is 27.3 Å². The summed E-state index contributed by atoms with van der Waals surface area (Å²) in [6, 6.07) is 20.4. The number of hydrogen-bond donors (Lipinski definition) is 1. The van der Waals surface area contributed by atoms with Gasteiger partial charge in [-0.2, -0.15) is 0 Å². The van der Waals surface area contributed by atoms with E-state index in [1.807, 2.05) is 31.2 Å². The van der Waals surface area contributed by atoms with Crippen LogP contribution >= 0.6 is 11.3 Å². The minimum Gasteiger partial charge on any atom is -0.485 e. The number of aromatic nitrogens is 1. The van der Waals surface area contributed by atoms with Crippen molar-refractivity contribution in [3.63, 3.8) is 0 Å². The standard InChI is InChI=1S/C25H20N2O2S/c1-16(17-8-10-26-11-9-17)29-23-13-20-15-27-25(28)22(20)14-21(23)18-4-6-19(7-5-18)24-3-2-12-30-24/h2-14,16H,15H2,1H3,(H,27,28). The molecule has 2 aromatic heterocycles. The van der Waals surface area contributed by atoms with Crippen molar-refractivity contribution in [3.05, 3.63) is 95.1 Å². The van der Waals surface area contributed by atoms with Gasteiger partial charge in [-0.05, 0) is 64.9 Å². The Labute approximate surface area is 179 Å². The number of hydrogen-bond acceptors (Lipinski definition) is 4. The van der Waals surface area contributed by atoms with Crippen molar-refractivity contribution in [1.82, 2.24) is 10.3 Å². The number of fused-ring (bicyclic) bond motifs is 1. The maximum Gasteiger partial charge on any atom is 0.251 e. The molecule has 1 N–H and O–H groups in total. The van der Waals surface area contributed by atoms with Crippen LogP contribution in [-0.2, 0) is 6.54 Å². The molecule has 4 nitrogen and oxygen atoms in total. The molecule has 0 spiro atoms. The van der Waals surface area contributed by atoms with E-state index < -0.39 is 0 Å². The van der Waals surface area contributed by atoms with Crippen molar-refractivity contribution in [2.75, 3.05) is 0 Å². The van der Waals surface area contributed by atoms with Crippen molar-refractivity contribution in [1.29, 1.82) is 0 Å². The molecule has 0 bridgehead atoms. The number of carbonyl (C=O) groups is 1. The van der Waals surface area contributed by atoms with Crippen LogP contribution in [0.15, 0.2) is 78.4 Å². The van der Waals surface area contributed by atoms with Gasteiger partial charge in [0.2, 0.25) is 0 Å². The van der Waals surface area contributed by atoms with Gasteiger partial charge in [0.25, 0.3) is 5.91 Å². The summed E-state index contributed by atoms with van der Waals surface area (Å²) >= 11 is 1.72. The van der Waals surface area contributed by atoms with Crippen LogP contribution in [0.3, 0.4) is 0 Å². The van der Waals surface area contributed by atoms with Crippen LogP contribution in [0.5, 0.6) is 5.75 Å². The summed E-state index contributed by atoms with van der Waals surface area (Å²) in [4.78, 5) is 17.6. The third-order valence-corrected chi connectivity index (χ3v) is 6.29. The SMILES string of the molecule is CC(Oc1cc2c(cc1-c1ccc(-c3cccs3)cc1)C(=O)NC2)c1ccncc1. The molecule has 1 aliphatic rings. The predicted molar refractivity (Wildman–Crippen MR) is 120 cm³/mol. The first-order valence-electron chi connectivity index (χ1n) is 9.85. The first-order chi connectivity index (χ1) is 14.7. The molecule has 0 radical (unpaired) electrons. The number of nitrogens with one attached hydrogen (secondary N) is 1. The van der Waals surface area contributed by atoms with Gasteiger partial charge in [-0.1, -0.05) is 30.3 Å². The van der Waals surface area contributed by atoms with Gasteiger partial charge in [0, 0.05) is 34.9 Å². The van der Waals surface area contributed by atoms with Crippen LogP contribution in [0, 0.1) is 0 Å². The van der Waals surface area contributed by atoms with Gasteiger partial charge >= 0.3 is 0 Å². The van der Waals surface area contributed by atoms with E-state index in [0.717, 1.165) is 33.6 Å². The molecule has 0 fully saturated rings. The third kappa shape index (κ3) is 3.48. The Bertz CT molecular complexity index is 1190. The van der Waals surface area contributed by atoms with Gasteiger partial charge in [0.05, 0.1) is 0 Å². The van der Waals surface area contributed by atoms with Crippen LogP contribution in [-0.4, -0.2) is 10.9 Å². The molecule has 0 aliphatic carbocycles. The Morgan fingerprint density at radius 2 is 1.77 bits per heavy atom. The molecule has 1 aliphatic heterocycles. The van der Waals surface area contributed by atoms with E-state index in [9.17, 15) is 4.79 Å². The largest absolute Gasteiger partial charge is 0.485 e. The third-order valence-electron chi connectivity index (χ3n) is 5.37. The molecule has 2 aromatic carbocycles. The van der Waals surface area contributed by atoms with Crippen molar-refractivity contribution >= 4 is 17.2 Å². The molecule has 1 amide bonds. The molecule has 0 saturated carbocycles. The Balaban J connectivity index is 1.54. The summed E-state index contributed by atoms with van der Waals surface area (Å²) in [6.07, 6.45) is 3.40. The van der Waals surface area contributed by atoms with E-state index in [2.05, 4.69) is 52.1 Å². The lowest BCUT2D eigenvalue weighted by Gasteiger charge is -2.19. The zero-order valence-corrected chi connectivity index (χ0v) is 17.3. The van der Waals surface area contributed by atoms with Gasteiger partial charge < -0.3 is 10.1 Å². The normalized spacial score (nSPS) is 13.6. The summed E-state index contributed by atoms with van der Waals surface area (Å²) in [5.74, 6) is 0.744. The maximum atomic E-state index is 12.3. The fourth-order valence-electron chi connectivity index (χ4n) is 3.72. The maximum absolute atomic E-state index is 12.3. The van der Waals surface area contributed by atoms with Crippen molar-refractivity contribution in [2.45, 2.75) is 19.6 Å². The molecule has 1 atom stereocenters. The van der Waals surface area contributed by atoms with E-state index in [-0.39, 0.29) is 12.0 Å². The van der Waals surface area contributed by atoms with Gasteiger partial charge in [0.15, 0.2) is 0 Å². The van der Waals surface area contributed by atoms with Crippen molar-refractivity contribution in [2.24, 2.45) is 0 Å². The molecular formula is C25H20N2O2S. The Morgan fingerprint density at radius 1 is 1.00 bits per heavy atom. The minimum absolute atomic E-state index is 0.0322. The molecule has 148 valence electrons. The Hall–Kier alpha value is -3.44. The quantitative estimate of drug-likeness (QED) is 0.447. The number of amides is 1. The van der Waals surface area contributed by atoms with E-state index in [1.165, 1.54) is 10.4 Å². The number of ether oxygens (including phenoxy) is 1. The number of nitrogens with zero attached hydrogens (tertiary/aromatic N) is 1. The monoisotopic (exact) mass is 412 g/mol. The summed E-state index contributed by atoms with van der Waals surface area (Å²) in [6.45, 7) is 2.56. The molecule has 5 rings (SSSR count). The Kier molecular flexibility index (Phi) is 4.81. The van der Waals surface area contributed by atoms with Gasteiger partial charge in [-0.15, -0.1) is 11.3 Å². The highest BCUT2D eigenvalue weighted by atomic mass is 32.1. The fraction of sp³-hybridized carbons (Fsp3) is 0.120. The zero-order valence-electron chi connectivity index (χ0n) is 16.5. The molecule has 4 aromatic rings. The van der Waals surface area contributed by atoms with Crippen LogP contribution in [0.25, 0.3) is 21.6 Å². The molecule has 1 unspecified atom stereocenters. The lowest BCUT2D eigenvalue weighted by atomic mass is 9.97. The second kappa shape index (κ2) is 7.76. The average molecular weight is 413 g/mol. The van der Waals surface area contributed by atoms with E-state index in [4.69, 9.17) is 4.74 Å². The smallest absolute Gasteiger partial charge is 0.251 e. The van der Waals surface area contributed by atoms with Crippen LogP contribution in [0.4, 0.5) is 0 Å². The highest BCUT2D eigenvalue weighted by molar-refractivity contribution is 7.13. The van der Waals surface area contributed by atoms with Gasteiger partial charge in [-0.25, -0.2) is 0 Å².